The summed E-state index contributed by atoms with van der Waals surface area (Å²) in [7, 11) is -13.4. The van der Waals surface area contributed by atoms with Crippen molar-refractivity contribution >= 4 is 20.0 Å². The van der Waals surface area contributed by atoms with E-state index < -0.39 is 31.1 Å². The molecule has 0 aliphatic rings. The normalized spacial score (nSPS) is 14.4. The van der Waals surface area contributed by atoms with E-state index in [2.05, 4.69) is 0 Å². The van der Waals surface area contributed by atoms with Gasteiger partial charge in [0, 0.05) is 0 Å². The predicted molar refractivity (Wildman–Crippen MR) is 33.3 cm³/mol. The average molecular weight is 319 g/mol. The van der Waals surface area contributed by atoms with Crippen LogP contribution in [0.2, 0.25) is 0 Å². The second-order valence-electron chi connectivity index (χ2n) is 1.92. The molecule has 5 nitrogen and oxygen atoms in total. The zero-order valence-electron chi connectivity index (χ0n) is 7.16. The topological polar surface area (TPSA) is 82.4 Å². The fourth-order valence-corrected chi connectivity index (χ4v) is 1.92. The molecule has 0 N–H and O–H groups in total. The van der Waals surface area contributed by atoms with Crippen LogP contribution < -0.4 is 51.4 Å². The molecule has 0 saturated carbocycles. The molecule has 92 valence electrons. The third kappa shape index (κ3) is 4.75. The summed E-state index contributed by atoms with van der Waals surface area (Å²) in [6, 6.07) is 0. The van der Waals surface area contributed by atoms with E-state index in [-0.39, 0.29) is 51.4 Å². The fraction of sp³-hybridized carbons (Fsp3) is 1.00. The number of sulfonamides is 2. The van der Waals surface area contributed by atoms with Crippen LogP contribution in [0, 0.1) is 0 Å². The largest absolute Gasteiger partial charge is 1.00 e. The third-order valence-electron chi connectivity index (χ3n) is 0.781. The standard InChI is InChI=1S/C2F6NO4S2.K/c3-1(4,5)14(10,11)9-15(12,13)2(6,7)8;/q-1;+1. The van der Waals surface area contributed by atoms with Gasteiger partial charge in [0.25, 0.3) is 0 Å². The molecular formula is C2F6KNO4S2. The van der Waals surface area contributed by atoms with E-state index >= 15 is 0 Å². The Morgan fingerprint density at radius 1 is 0.688 bits per heavy atom. The monoisotopic (exact) mass is 319 g/mol. The van der Waals surface area contributed by atoms with Gasteiger partial charge in [-0.05, 0) is 0 Å². The molecule has 0 unspecified atom stereocenters. The van der Waals surface area contributed by atoms with Crippen molar-refractivity contribution in [2.24, 2.45) is 0 Å². The minimum Gasteiger partial charge on any atom is -0.421 e. The zero-order chi connectivity index (χ0) is 12.7. The van der Waals surface area contributed by atoms with E-state index in [1.807, 2.05) is 0 Å². The number of alkyl halides is 6. The Bertz CT molecular complexity index is 390. The first-order chi connectivity index (χ1) is 6.21. The second-order valence-corrected chi connectivity index (χ2v) is 5.34. The van der Waals surface area contributed by atoms with Crippen molar-refractivity contribution in [3.05, 3.63) is 4.13 Å². The number of rotatable bonds is 2. The zero-order valence-corrected chi connectivity index (χ0v) is 11.9. The van der Waals surface area contributed by atoms with Gasteiger partial charge in [0.05, 0.1) is 0 Å². The third-order valence-corrected chi connectivity index (χ3v) is 3.52. The minimum absolute atomic E-state index is 0. The summed E-state index contributed by atoms with van der Waals surface area (Å²) in [5, 5.41) is 0. The second kappa shape index (κ2) is 5.37. The van der Waals surface area contributed by atoms with Gasteiger partial charge in [-0.2, -0.15) is 26.3 Å². The molecule has 0 aromatic carbocycles. The molecule has 0 aromatic heterocycles. The molecule has 0 saturated heterocycles. The quantitative estimate of drug-likeness (QED) is 0.438. The summed E-state index contributed by atoms with van der Waals surface area (Å²) in [6.07, 6.45) is 0. The smallest absolute Gasteiger partial charge is 0.421 e. The summed E-state index contributed by atoms with van der Waals surface area (Å²) in [5.41, 5.74) is -12.4. The molecule has 0 amide bonds. The summed E-state index contributed by atoms with van der Waals surface area (Å²) >= 11 is 0. The van der Waals surface area contributed by atoms with Crippen molar-refractivity contribution in [2.75, 3.05) is 0 Å². The first-order valence-electron chi connectivity index (χ1n) is 2.57. The van der Waals surface area contributed by atoms with Gasteiger partial charge < -0.3 is 4.13 Å². The molecule has 0 radical (unpaired) electrons. The molecule has 0 rings (SSSR count). The van der Waals surface area contributed by atoms with Crippen LogP contribution in [-0.4, -0.2) is 27.9 Å². The number of nitrogens with zero attached hydrogens (tertiary/aromatic N) is 1. The molecule has 0 spiro atoms. The predicted octanol–water partition coefficient (Wildman–Crippen LogP) is -1.94. The van der Waals surface area contributed by atoms with Crippen LogP contribution in [0.3, 0.4) is 0 Å². The Morgan fingerprint density at radius 3 is 1.00 bits per heavy atom. The van der Waals surface area contributed by atoms with Crippen LogP contribution in [0.4, 0.5) is 26.3 Å². The molecule has 0 bridgehead atoms. The Labute approximate surface area is 128 Å². The number of hydrogen-bond acceptors (Lipinski definition) is 4. The minimum atomic E-state index is -6.72. The number of hydrogen-bond donors (Lipinski definition) is 0. The van der Waals surface area contributed by atoms with Crippen molar-refractivity contribution in [1.29, 1.82) is 0 Å². The Hall–Kier alpha value is 1.08. The molecule has 0 heterocycles. The van der Waals surface area contributed by atoms with Gasteiger partial charge in [0.15, 0.2) is 20.0 Å². The molecule has 0 aliphatic heterocycles. The van der Waals surface area contributed by atoms with E-state index in [1.165, 1.54) is 0 Å². The van der Waals surface area contributed by atoms with Crippen LogP contribution in [0.25, 0.3) is 4.13 Å². The van der Waals surface area contributed by atoms with Crippen molar-refractivity contribution in [3.63, 3.8) is 0 Å². The van der Waals surface area contributed by atoms with Gasteiger partial charge in [0.1, 0.15) is 0 Å². The van der Waals surface area contributed by atoms with Gasteiger partial charge in [0.2, 0.25) is 0 Å². The molecule has 14 heteroatoms. The molecule has 0 aromatic rings. The van der Waals surface area contributed by atoms with Crippen molar-refractivity contribution in [3.8, 4) is 0 Å². The van der Waals surface area contributed by atoms with Crippen molar-refractivity contribution in [1.82, 2.24) is 0 Å². The van der Waals surface area contributed by atoms with E-state index in [1.54, 1.807) is 0 Å². The first kappa shape index (κ1) is 19.4. The summed E-state index contributed by atoms with van der Waals surface area (Å²) in [4.78, 5) is 0. The van der Waals surface area contributed by atoms with E-state index in [4.69, 9.17) is 0 Å². The molecule has 0 aliphatic carbocycles. The van der Waals surface area contributed by atoms with E-state index in [0.29, 0.717) is 0 Å². The maximum absolute atomic E-state index is 11.4. The Balaban J connectivity index is 0. The van der Waals surface area contributed by atoms with Crippen LogP contribution in [-0.2, 0) is 20.0 Å². The SMILES string of the molecule is O=S(=O)([N-]S(=O)(=O)C(F)(F)F)C(F)(F)F.[K+]. The van der Waals surface area contributed by atoms with Gasteiger partial charge in [-0.3, -0.25) is 0 Å². The van der Waals surface area contributed by atoms with Crippen LogP contribution in [0.15, 0.2) is 0 Å². The van der Waals surface area contributed by atoms with Gasteiger partial charge >= 0.3 is 62.4 Å². The van der Waals surface area contributed by atoms with Crippen LogP contribution in [0.5, 0.6) is 0 Å². The molecule has 0 atom stereocenters. The van der Waals surface area contributed by atoms with Gasteiger partial charge in [-0.1, -0.05) is 0 Å². The van der Waals surface area contributed by atoms with Crippen LogP contribution in [0.1, 0.15) is 0 Å². The fourth-order valence-electron chi connectivity index (χ4n) is 0.214. The van der Waals surface area contributed by atoms with Crippen LogP contribution >= 0.6 is 0 Å². The summed E-state index contributed by atoms with van der Waals surface area (Å²) in [6.45, 7) is 0. The average Bonchev–Trinajstić information content (AvgIpc) is 1.77. The van der Waals surface area contributed by atoms with E-state index in [9.17, 15) is 43.2 Å². The molecule has 0 fully saturated rings. The summed E-state index contributed by atoms with van der Waals surface area (Å²) < 4.78 is 109. The van der Waals surface area contributed by atoms with Crippen molar-refractivity contribution in [2.45, 2.75) is 11.0 Å². The van der Waals surface area contributed by atoms with Gasteiger partial charge in [-0.25, -0.2) is 16.8 Å². The van der Waals surface area contributed by atoms with Crippen molar-refractivity contribution < 1.29 is 94.6 Å². The van der Waals surface area contributed by atoms with Gasteiger partial charge in [-0.15, -0.1) is 0 Å². The first-order valence-corrected chi connectivity index (χ1v) is 5.45. The maximum atomic E-state index is 11.4. The molecular weight excluding hydrogens is 319 g/mol. The van der Waals surface area contributed by atoms with E-state index in [0.717, 1.165) is 4.13 Å². The number of halogens is 6. The summed E-state index contributed by atoms with van der Waals surface area (Å²) in [5.74, 6) is 0. The molecule has 16 heavy (non-hydrogen) atoms. The Kier molecular flexibility index (Phi) is 6.52. The maximum Gasteiger partial charge on any atom is 1.00 e. The Morgan fingerprint density at radius 2 is 0.875 bits per heavy atom.